The summed E-state index contributed by atoms with van der Waals surface area (Å²) < 4.78 is 11.9. The van der Waals surface area contributed by atoms with Crippen molar-refractivity contribution in [2.45, 2.75) is 6.61 Å². The molecule has 0 atom stereocenters. The summed E-state index contributed by atoms with van der Waals surface area (Å²) >= 11 is 0. The van der Waals surface area contributed by atoms with Gasteiger partial charge in [0.25, 0.3) is 5.91 Å². The van der Waals surface area contributed by atoms with E-state index in [4.69, 9.17) is 15.1 Å². The summed E-state index contributed by atoms with van der Waals surface area (Å²) in [5.41, 5.74) is 2.06. The predicted molar refractivity (Wildman–Crippen MR) is 55.7 cm³/mol. The molecule has 8 nitrogen and oxygen atoms in total. The molecule has 0 aliphatic carbocycles. The molecule has 2 rings (SSSR count). The Balaban J connectivity index is 1.95. The molecule has 3 N–H and O–H groups in total. The lowest BCUT2D eigenvalue weighted by atomic mass is 10.3. The van der Waals surface area contributed by atoms with Gasteiger partial charge in [0.1, 0.15) is 6.61 Å². The lowest BCUT2D eigenvalue weighted by Crippen LogP contribution is -2.30. The zero-order valence-corrected chi connectivity index (χ0v) is 9.08. The quantitative estimate of drug-likeness (QED) is 0.425. The van der Waals surface area contributed by atoms with E-state index in [1.54, 1.807) is 24.1 Å². The van der Waals surface area contributed by atoms with Crippen molar-refractivity contribution >= 4 is 5.91 Å². The summed E-state index contributed by atoms with van der Waals surface area (Å²) in [5, 5.41) is 7.48. The standard InChI is InChI=1S/C9H11N5O3/c1-14-4-7(3-11-14)16-5-6-2-8(13-17-6)9(15)12-10/h2-4H,5,10H2,1H3,(H,12,15). The molecule has 90 valence electrons. The number of carbonyl (C=O) groups excluding carboxylic acids is 1. The minimum Gasteiger partial charge on any atom is -0.482 e. The molecule has 0 fully saturated rings. The average Bonchev–Trinajstić information content (AvgIpc) is 2.94. The first-order valence-electron chi connectivity index (χ1n) is 4.77. The maximum absolute atomic E-state index is 11.1. The molecule has 0 aliphatic rings. The average molecular weight is 237 g/mol. The van der Waals surface area contributed by atoms with Crippen molar-refractivity contribution in [1.29, 1.82) is 0 Å². The van der Waals surface area contributed by atoms with Crippen molar-refractivity contribution in [2.75, 3.05) is 0 Å². The van der Waals surface area contributed by atoms with Gasteiger partial charge in [-0.05, 0) is 0 Å². The van der Waals surface area contributed by atoms with Crippen LogP contribution in [0.1, 0.15) is 16.2 Å². The van der Waals surface area contributed by atoms with Gasteiger partial charge < -0.3 is 9.26 Å². The molecular weight excluding hydrogens is 226 g/mol. The normalized spacial score (nSPS) is 10.2. The van der Waals surface area contributed by atoms with Gasteiger partial charge in [0, 0.05) is 13.1 Å². The summed E-state index contributed by atoms with van der Waals surface area (Å²) in [6.07, 6.45) is 3.29. The van der Waals surface area contributed by atoms with E-state index in [1.165, 1.54) is 6.07 Å². The van der Waals surface area contributed by atoms with Gasteiger partial charge in [-0.1, -0.05) is 5.16 Å². The third-order valence-corrected chi connectivity index (χ3v) is 1.98. The second-order valence-corrected chi connectivity index (χ2v) is 3.29. The van der Waals surface area contributed by atoms with Gasteiger partial charge in [-0.3, -0.25) is 14.9 Å². The second-order valence-electron chi connectivity index (χ2n) is 3.29. The fourth-order valence-electron chi connectivity index (χ4n) is 1.19. The minimum absolute atomic E-state index is 0.109. The molecule has 0 bridgehead atoms. The SMILES string of the molecule is Cn1cc(OCc2cc(C(=O)NN)no2)cn1. The maximum atomic E-state index is 11.1. The van der Waals surface area contributed by atoms with E-state index < -0.39 is 5.91 Å². The molecule has 1 amide bonds. The highest BCUT2D eigenvalue weighted by Crippen LogP contribution is 2.11. The Kier molecular flexibility index (Phi) is 3.06. The molecule has 0 saturated heterocycles. The number of hydrogen-bond acceptors (Lipinski definition) is 6. The number of hydrogen-bond donors (Lipinski definition) is 2. The zero-order chi connectivity index (χ0) is 12.3. The summed E-state index contributed by atoms with van der Waals surface area (Å²) in [6, 6.07) is 1.46. The van der Waals surface area contributed by atoms with Gasteiger partial charge in [-0.25, -0.2) is 5.84 Å². The van der Waals surface area contributed by atoms with Crippen LogP contribution in [-0.2, 0) is 13.7 Å². The third-order valence-electron chi connectivity index (χ3n) is 1.98. The molecule has 2 aromatic heterocycles. The topological polar surface area (TPSA) is 108 Å². The first-order valence-corrected chi connectivity index (χ1v) is 4.77. The smallest absolute Gasteiger partial charge is 0.287 e. The zero-order valence-electron chi connectivity index (χ0n) is 9.08. The Bertz CT molecular complexity index is 518. The minimum atomic E-state index is -0.513. The summed E-state index contributed by atoms with van der Waals surface area (Å²) in [5.74, 6) is 5.47. The van der Waals surface area contributed by atoms with Crippen LogP contribution in [0.25, 0.3) is 0 Å². The van der Waals surface area contributed by atoms with Crippen LogP contribution < -0.4 is 16.0 Å². The number of nitrogens with two attached hydrogens (primary N) is 1. The molecule has 0 radical (unpaired) electrons. The van der Waals surface area contributed by atoms with Gasteiger partial charge in [-0.2, -0.15) is 5.10 Å². The molecular formula is C9H11N5O3. The number of aryl methyl sites for hydroxylation is 1. The van der Waals surface area contributed by atoms with Gasteiger partial charge >= 0.3 is 0 Å². The molecule has 0 aliphatic heterocycles. The number of amides is 1. The van der Waals surface area contributed by atoms with Crippen LogP contribution in [0.15, 0.2) is 23.0 Å². The van der Waals surface area contributed by atoms with Gasteiger partial charge in [0.05, 0.1) is 12.4 Å². The summed E-state index contributed by atoms with van der Waals surface area (Å²) in [4.78, 5) is 11.1. The molecule has 17 heavy (non-hydrogen) atoms. The first kappa shape index (κ1) is 11.1. The van der Waals surface area contributed by atoms with Gasteiger partial charge in [0.15, 0.2) is 17.2 Å². The van der Waals surface area contributed by atoms with Crippen molar-refractivity contribution in [3.63, 3.8) is 0 Å². The summed E-state index contributed by atoms with van der Waals surface area (Å²) in [7, 11) is 1.78. The number of aromatic nitrogens is 3. The Morgan fingerprint density at radius 2 is 2.53 bits per heavy atom. The van der Waals surface area contributed by atoms with E-state index in [0.29, 0.717) is 11.5 Å². The third kappa shape index (κ3) is 2.61. The predicted octanol–water partition coefficient (Wildman–Crippen LogP) is -0.409. The molecule has 2 aromatic rings. The largest absolute Gasteiger partial charge is 0.482 e. The van der Waals surface area contributed by atoms with Crippen LogP contribution in [0.5, 0.6) is 5.75 Å². The fourth-order valence-corrected chi connectivity index (χ4v) is 1.19. The number of nitrogen functional groups attached to an aromatic ring is 1. The number of carbonyl (C=O) groups is 1. The van der Waals surface area contributed by atoms with Crippen molar-refractivity contribution in [3.05, 3.63) is 29.9 Å². The fraction of sp³-hybridized carbons (Fsp3) is 0.222. The summed E-state index contributed by atoms with van der Waals surface area (Å²) in [6.45, 7) is 0.163. The Labute approximate surface area is 96.3 Å². The Morgan fingerprint density at radius 3 is 3.18 bits per heavy atom. The molecule has 8 heteroatoms. The molecule has 0 unspecified atom stereocenters. The molecule has 0 saturated carbocycles. The second kappa shape index (κ2) is 4.66. The lowest BCUT2D eigenvalue weighted by molar-refractivity contribution is 0.0944. The first-order chi connectivity index (χ1) is 8.19. The van der Waals surface area contributed by atoms with Gasteiger partial charge in [-0.15, -0.1) is 0 Å². The van der Waals surface area contributed by atoms with Crippen molar-refractivity contribution in [1.82, 2.24) is 20.4 Å². The molecule has 0 spiro atoms. The highest BCUT2D eigenvalue weighted by atomic mass is 16.5. The number of hydrazine groups is 1. The monoisotopic (exact) mass is 237 g/mol. The van der Waals surface area contributed by atoms with Crippen LogP contribution in [-0.4, -0.2) is 20.8 Å². The molecule has 2 heterocycles. The van der Waals surface area contributed by atoms with Crippen LogP contribution >= 0.6 is 0 Å². The number of ether oxygens (including phenoxy) is 1. The van der Waals surface area contributed by atoms with Crippen molar-refractivity contribution in [3.8, 4) is 5.75 Å². The lowest BCUT2D eigenvalue weighted by Gasteiger charge is -1.97. The van der Waals surface area contributed by atoms with Crippen LogP contribution in [0, 0.1) is 0 Å². The van der Waals surface area contributed by atoms with E-state index in [0.717, 1.165) is 0 Å². The molecule has 0 aromatic carbocycles. The van der Waals surface area contributed by atoms with Crippen LogP contribution in [0.4, 0.5) is 0 Å². The number of nitrogens with one attached hydrogen (secondary N) is 1. The van der Waals surface area contributed by atoms with E-state index in [9.17, 15) is 4.79 Å². The number of rotatable bonds is 4. The number of nitrogens with zero attached hydrogens (tertiary/aromatic N) is 3. The van der Waals surface area contributed by atoms with Gasteiger partial charge in [0.2, 0.25) is 0 Å². The maximum Gasteiger partial charge on any atom is 0.287 e. The Morgan fingerprint density at radius 1 is 1.71 bits per heavy atom. The van der Waals surface area contributed by atoms with Crippen LogP contribution in [0.3, 0.4) is 0 Å². The Hall–Kier alpha value is -2.35. The van der Waals surface area contributed by atoms with Crippen molar-refractivity contribution < 1.29 is 14.1 Å². The van der Waals surface area contributed by atoms with E-state index in [1.807, 2.05) is 5.43 Å². The highest BCUT2D eigenvalue weighted by molar-refractivity contribution is 5.91. The van der Waals surface area contributed by atoms with E-state index in [2.05, 4.69) is 10.3 Å². The van der Waals surface area contributed by atoms with Crippen LogP contribution in [0.2, 0.25) is 0 Å². The van der Waals surface area contributed by atoms with Crippen molar-refractivity contribution in [2.24, 2.45) is 12.9 Å². The van der Waals surface area contributed by atoms with E-state index in [-0.39, 0.29) is 12.3 Å². The highest BCUT2D eigenvalue weighted by Gasteiger charge is 2.11. The van der Waals surface area contributed by atoms with E-state index >= 15 is 0 Å².